The fourth-order valence-electron chi connectivity index (χ4n) is 1.57. The molecule has 4 nitrogen and oxygen atoms in total. The summed E-state index contributed by atoms with van der Waals surface area (Å²) in [5.41, 5.74) is 7.35. The average Bonchev–Trinajstić information content (AvgIpc) is 2.59. The van der Waals surface area contributed by atoms with E-state index in [1.54, 1.807) is 0 Å². The molecule has 2 rings (SSSR count). The van der Waals surface area contributed by atoms with Crippen LogP contribution in [0.1, 0.15) is 18.7 Å². The largest absolute Gasteiger partial charge is 0.388 e. The van der Waals surface area contributed by atoms with E-state index in [0.717, 1.165) is 29.7 Å². The van der Waals surface area contributed by atoms with Crippen molar-refractivity contribution < 1.29 is 0 Å². The van der Waals surface area contributed by atoms with Gasteiger partial charge in [-0.15, -0.1) is 0 Å². The third kappa shape index (κ3) is 2.34. The second kappa shape index (κ2) is 4.13. The van der Waals surface area contributed by atoms with E-state index in [2.05, 4.69) is 9.97 Å². The summed E-state index contributed by atoms with van der Waals surface area (Å²) in [7, 11) is 0. The highest BCUT2D eigenvalue weighted by Crippen LogP contribution is 2.11. The molecule has 0 spiro atoms. The van der Waals surface area contributed by atoms with E-state index in [9.17, 15) is 0 Å². The molecule has 0 saturated carbocycles. The van der Waals surface area contributed by atoms with Crippen LogP contribution in [0.15, 0.2) is 24.3 Å². The number of nitrogens with two attached hydrogens (primary N) is 1. The zero-order chi connectivity index (χ0) is 10.7. The van der Waals surface area contributed by atoms with Crippen molar-refractivity contribution in [3.05, 3.63) is 30.1 Å². The van der Waals surface area contributed by atoms with E-state index < -0.39 is 0 Å². The molecule has 0 bridgehead atoms. The molecule has 4 heteroatoms. The van der Waals surface area contributed by atoms with E-state index in [4.69, 9.17) is 11.1 Å². The molecule has 0 atom stereocenters. The Balaban J connectivity index is 2.05. The maximum Gasteiger partial charge on any atom is 0.107 e. The molecule has 1 aromatic heterocycles. The average molecular weight is 202 g/mol. The third-order valence-corrected chi connectivity index (χ3v) is 2.30. The predicted molar refractivity (Wildman–Crippen MR) is 60.9 cm³/mol. The normalized spacial score (nSPS) is 10.7. The molecule has 0 aliphatic rings. The van der Waals surface area contributed by atoms with Gasteiger partial charge in [0.1, 0.15) is 5.82 Å². The number of aromatic amines is 1. The van der Waals surface area contributed by atoms with Gasteiger partial charge in [-0.3, -0.25) is 5.41 Å². The number of fused-ring (bicyclic) bond motifs is 1. The lowest BCUT2D eigenvalue weighted by atomic mass is 10.2. The number of para-hydroxylation sites is 2. The summed E-state index contributed by atoms with van der Waals surface area (Å²) in [5.74, 6) is 1.21. The quantitative estimate of drug-likeness (QED) is 0.522. The Hall–Kier alpha value is -1.84. The van der Waals surface area contributed by atoms with E-state index in [0.29, 0.717) is 6.42 Å². The summed E-state index contributed by atoms with van der Waals surface area (Å²) in [5, 5.41) is 7.11. The molecule has 0 unspecified atom stereocenters. The second-order valence-corrected chi connectivity index (χ2v) is 3.58. The van der Waals surface area contributed by atoms with Crippen LogP contribution in [-0.2, 0) is 6.42 Å². The van der Waals surface area contributed by atoms with Crippen LogP contribution < -0.4 is 5.73 Å². The highest BCUT2D eigenvalue weighted by atomic mass is 14.9. The Morgan fingerprint density at radius 1 is 1.40 bits per heavy atom. The second-order valence-electron chi connectivity index (χ2n) is 3.58. The first-order valence-electron chi connectivity index (χ1n) is 5.02. The fraction of sp³-hybridized carbons (Fsp3) is 0.273. The van der Waals surface area contributed by atoms with Crippen molar-refractivity contribution in [3.8, 4) is 0 Å². The van der Waals surface area contributed by atoms with Crippen molar-refractivity contribution in [2.75, 3.05) is 0 Å². The standard InChI is InChI=1S/C11H14N4/c12-10(13)6-3-7-11-14-8-4-1-2-5-9(8)15-11/h1-2,4-5H,3,6-7H2,(H3,12,13)(H,14,15). The van der Waals surface area contributed by atoms with Crippen LogP contribution in [0.4, 0.5) is 0 Å². The molecule has 1 aromatic carbocycles. The van der Waals surface area contributed by atoms with Crippen LogP contribution in [0, 0.1) is 5.41 Å². The fourth-order valence-corrected chi connectivity index (χ4v) is 1.57. The van der Waals surface area contributed by atoms with Gasteiger partial charge in [-0.2, -0.15) is 0 Å². The molecule has 0 fully saturated rings. The maximum absolute atomic E-state index is 7.11. The van der Waals surface area contributed by atoms with Gasteiger partial charge in [0.2, 0.25) is 0 Å². The highest BCUT2D eigenvalue weighted by Gasteiger charge is 2.01. The molecule has 0 saturated heterocycles. The Morgan fingerprint density at radius 3 is 2.93 bits per heavy atom. The van der Waals surface area contributed by atoms with Crippen LogP contribution in [0.3, 0.4) is 0 Å². The maximum atomic E-state index is 7.11. The molecule has 4 N–H and O–H groups in total. The lowest BCUT2D eigenvalue weighted by Crippen LogP contribution is -2.09. The minimum Gasteiger partial charge on any atom is -0.388 e. The summed E-state index contributed by atoms with van der Waals surface area (Å²) in [6.07, 6.45) is 2.35. The molecule has 0 amide bonds. The zero-order valence-electron chi connectivity index (χ0n) is 8.46. The molecule has 2 aromatic rings. The van der Waals surface area contributed by atoms with E-state index >= 15 is 0 Å². The Labute approximate surface area is 88.0 Å². The summed E-state index contributed by atoms with van der Waals surface area (Å²) >= 11 is 0. The Kier molecular flexibility index (Phi) is 2.67. The number of aromatic nitrogens is 2. The summed E-state index contributed by atoms with van der Waals surface area (Å²) in [4.78, 5) is 7.69. The number of nitrogens with zero attached hydrogens (tertiary/aromatic N) is 1. The smallest absolute Gasteiger partial charge is 0.107 e. The molecule has 0 aliphatic carbocycles. The van der Waals surface area contributed by atoms with Gasteiger partial charge in [-0.1, -0.05) is 12.1 Å². The van der Waals surface area contributed by atoms with Crippen LogP contribution >= 0.6 is 0 Å². The van der Waals surface area contributed by atoms with Gasteiger partial charge in [0, 0.05) is 12.8 Å². The third-order valence-electron chi connectivity index (χ3n) is 2.30. The number of amidine groups is 1. The lowest BCUT2D eigenvalue weighted by Gasteiger charge is -1.95. The van der Waals surface area contributed by atoms with Gasteiger partial charge >= 0.3 is 0 Å². The van der Waals surface area contributed by atoms with Crippen molar-refractivity contribution in [1.82, 2.24) is 9.97 Å². The highest BCUT2D eigenvalue weighted by molar-refractivity contribution is 5.77. The molecule has 0 aliphatic heterocycles. The van der Waals surface area contributed by atoms with E-state index in [1.807, 2.05) is 24.3 Å². The van der Waals surface area contributed by atoms with Gasteiger partial charge in [0.05, 0.1) is 16.9 Å². The summed E-state index contributed by atoms with van der Waals surface area (Å²) < 4.78 is 0. The first-order chi connectivity index (χ1) is 7.25. The SMILES string of the molecule is N=C(N)CCCc1nc2ccccc2[nH]1. The van der Waals surface area contributed by atoms with E-state index in [1.165, 1.54) is 0 Å². The minimum absolute atomic E-state index is 0.242. The topological polar surface area (TPSA) is 78.6 Å². The molecule has 1 heterocycles. The number of H-pyrrole nitrogens is 1. The van der Waals surface area contributed by atoms with Crippen molar-refractivity contribution in [1.29, 1.82) is 5.41 Å². The zero-order valence-corrected chi connectivity index (χ0v) is 8.46. The van der Waals surface area contributed by atoms with Gasteiger partial charge in [-0.05, 0) is 18.6 Å². The minimum atomic E-state index is 0.242. The number of hydrogen-bond acceptors (Lipinski definition) is 2. The van der Waals surface area contributed by atoms with Crippen molar-refractivity contribution in [2.45, 2.75) is 19.3 Å². The van der Waals surface area contributed by atoms with Crippen LogP contribution in [0.25, 0.3) is 11.0 Å². The molecular weight excluding hydrogens is 188 g/mol. The molecule has 0 radical (unpaired) electrons. The Morgan fingerprint density at radius 2 is 2.20 bits per heavy atom. The van der Waals surface area contributed by atoms with Gasteiger partial charge in [0.15, 0.2) is 0 Å². The number of hydrogen-bond donors (Lipinski definition) is 3. The van der Waals surface area contributed by atoms with Crippen LogP contribution in [0.2, 0.25) is 0 Å². The molecule has 78 valence electrons. The van der Waals surface area contributed by atoms with Gasteiger partial charge in [0.25, 0.3) is 0 Å². The first kappa shape index (κ1) is 9.71. The van der Waals surface area contributed by atoms with Gasteiger partial charge < -0.3 is 10.7 Å². The molecular formula is C11H14N4. The Bertz CT molecular complexity index is 439. The van der Waals surface area contributed by atoms with Crippen LogP contribution in [0.5, 0.6) is 0 Å². The van der Waals surface area contributed by atoms with Crippen molar-refractivity contribution >= 4 is 16.9 Å². The van der Waals surface area contributed by atoms with Gasteiger partial charge in [-0.25, -0.2) is 4.98 Å². The van der Waals surface area contributed by atoms with Crippen molar-refractivity contribution in [2.24, 2.45) is 5.73 Å². The number of nitrogens with one attached hydrogen (secondary N) is 2. The van der Waals surface area contributed by atoms with Crippen LogP contribution in [-0.4, -0.2) is 15.8 Å². The number of aryl methyl sites for hydroxylation is 1. The number of imidazole rings is 1. The van der Waals surface area contributed by atoms with Crippen molar-refractivity contribution in [3.63, 3.8) is 0 Å². The number of rotatable bonds is 4. The molecule has 15 heavy (non-hydrogen) atoms. The predicted octanol–water partition coefficient (Wildman–Crippen LogP) is 1.82. The monoisotopic (exact) mass is 202 g/mol. The first-order valence-corrected chi connectivity index (χ1v) is 5.02. The lowest BCUT2D eigenvalue weighted by molar-refractivity contribution is 0.815. The number of benzene rings is 1. The summed E-state index contributed by atoms with van der Waals surface area (Å²) in [6, 6.07) is 7.96. The van der Waals surface area contributed by atoms with E-state index in [-0.39, 0.29) is 5.84 Å². The summed E-state index contributed by atoms with van der Waals surface area (Å²) in [6.45, 7) is 0.